The molecule has 166 valence electrons. The molecule has 0 aromatic heterocycles. The number of carbonyl (C=O) groups is 3. The molecule has 0 atom stereocenters. The van der Waals surface area contributed by atoms with Gasteiger partial charge in [0, 0.05) is 43.4 Å². The molecule has 1 saturated heterocycles. The first-order valence-corrected chi connectivity index (χ1v) is 10.1. The smallest absolute Gasteiger partial charge is 0.257 e. The van der Waals surface area contributed by atoms with Crippen molar-refractivity contribution in [1.82, 2.24) is 15.5 Å². The van der Waals surface area contributed by atoms with Crippen LogP contribution in [-0.4, -0.2) is 62.6 Å². The second-order valence-electron chi connectivity index (χ2n) is 7.06. The van der Waals surface area contributed by atoms with E-state index >= 15 is 0 Å². The van der Waals surface area contributed by atoms with Gasteiger partial charge in [-0.05, 0) is 30.3 Å². The number of nitrogens with zero attached hydrogens (tertiary/aromatic N) is 2. The lowest BCUT2D eigenvalue weighted by Crippen LogP contribution is -2.40. The summed E-state index contributed by atoms with van der Waals surface area (Å²) in [5.41, 5.74) is 1.78. The van der Waals surface area contributed by atoms with Gasteiger partial charge in [-0.3, -0.25) is 14.4 Å². The molecular weight excluding hydrogens is 412 g/mol. The second kappa shape index (κ2) is 10.9. The van der Waals surface area contributed by atoms with Crippen LogP contribution in [0.25, 0.3) is 0 Å². The van der Waals surface area contributed by atoms with E-state index in [1.54, 1.807) is 41.3 Å². The fourth-order valence-electron chi connectivity index (χ4n) is 3.14. The Bertz CT molecular complexity index is 1040. The zero-order chi connectivity index (χ0) is 22.9. The summed E-state index contributed by atoms with van der Waals surface area (Å²) in [6.45, 7) is 1.95. The third-order valence-corrected chi connectivity index (χ3v) is 4.94. The number of nitrogens with one attached hydrogen (secondary N) is 2. The van der Waals surface area contributed by atoms with E-state index in [0.29, 0.717) is 54.3 Å². The molecule has 1 fully saturated rings. The van der Waals surface area contributed by atoms with Crippen LogP contribution in [0.1, 0.15) is 31.8 Å². The van der Waals surface area contributed by atoms with Gasteiger partial charge < -0.3 is 25.0 Å². The number of likely N-dealkylation sites (N-methyl/N-ethyl adjacent to an activating group) is 1. The first-order valence-electron chi connectivity index (χ1n) is 10.1. The van der Waals surface area contributed by atoms with E-state index in [0.717, 1.165) is 0 Å². The second-order valence-corrected chi connectivity index (χ2v) is 7.06. The van der Waals surface area contributed by atoms with E-state index in [2.05, 4.69) is 10.6 Å². The Hall–Kier alpha value is -3.90. The Kier molecular flexibility index (Phi) is 7.78. The Balaban J connectivity index is 1.68. The third-order valence-electron chi connectivity index (χ3n) is 4.94. The van der Waals surface area contributed by atoms with E-state index < -0.39 is 0 Å². The van der Waals surface area contributed by atoms with Crippen LogP contribution in [0.3, 0.4) is 0 Å². The molecule has 9 nitrogen and oxygen atoms in total. The van der Waals surface area contributed by atoms with Gasteiger partial charge in [0.1, 0.15) is 5.75 Å². The monoisotopic (exact) mass is 436 g/mol. The number of rotatable bonds is 7. The lowest BCUT2D eigenvalue weighted by Gasteiger charge is -2.27. The Morgan fingerprint density at radius 3 is 2.59 bits per heavy atom. The lowest BCUT2D eigenvalue weighted by atomic mass is 10.1. The minimum Gasteiger partial charge on any atom is -0.483 e. The molecule has 1 heterocycles. The highest BCUT2D eigenvalue weighted by molar-refractivity contribution is 5.99. The van der Waals surface area contributed by atoms with Gasteiger partial charge in [-0.1, -0.05) is 12.1 Å². The maximum Gasteiger partial charge on any atom is 0.257 e. The number of nitriles is 1. The van der Waals surface area contributed by atoms with E-state index in [-0.39, 0.29) is 30.9 Å². The molecule has 32 heavy (non-hydrogen) atoms. The SMILES string of the molecule is CNC(=O)COc1cc(C#N)ccc1CNC(=O)c1cccc(C(=O)N2CCOCC2)c1. The molecule has 0 saturated carbocycles. The number of hydrogen-bond acceptors (Lipinski definition) is 6. The van der Waals surface area contributed by atoms with Crippen molar-refractivity contribution in [2.45, 2.75) is 6.54 Å². The van der Waals surface area contributed by atoms with Crippen LogP contribution in [0.4, 0.5) is 0 Å². The van der Waals surface area contributed by atoms with E-state index in [1.165, 1.54) is 13.1 Å². The molecule has 3 amide bonds. The summed E-state index contributed by atoms with van der Waals surface area (Å²) in [5, 5.41) is 14.4. The van der Waals surface area contributed by atoms with Crippen LogP contribution in [0.15, 0.2) is 42.5 Å². The van der Waals surface area contributed by atoms with E-state index in [9.17, 15) is 14.4 Å². The number of amides is 3. The highest BCUT2D eigenvalue weighted by Gasteiger charge is 2.19. The largest absolute Gasteiger partial charge is 0.483 e. The number of benzene rings is 2. The lowest BCUT2D eigenvalue weighted by molar-refractivity contribution is -0.122. The maximum atomic E-state index is 12.7. The predicted octanol–water partition coefficient (Wildman–Crippen LogP) is 1.09. The van der Waals surface area contributed by atoms with E-state index in [1.807, 2.05) is 6.07 Å². The Morgan fingerprint density at radius 2 is 1.88 bits per heavy atom. The van der Waals surface area contributed by atoms with Crippen LogP contribution in [0, 0.1) is 11.3 Å². The van der Waals surface area contributed by atoms with Gasteiger partial charge in [0.25, 0.3) is 17.7 Å². The molecule has 1 aliphatic heterocycles. The highest BCUT2D eigenvalue weighted by atomic mass is 16.5. The Morgan fingerprint density at radius 1 is 1.12 bits per heavy atom. The summed E-state index contributed by atoms with van der Waals surface area (Å²) >= 11 is 0. The Labute approximate surface area is 185 Å². The first-order chi connectivity index (χ1) is 15.5. The van der Waals surface area contributed by atoms with Gasteiger partial charge in [0.05, 0.1) is 24.8 Å². The van der Waals surface area contributed by atoms with E-state index in [4.69, 9.17) is 14.7 Å². The minimum absolute atomic E-state index is 0.120. The fraction of sp³-hybridized carbons (Fsp3) is 0.304. The van der Waals surface area contributed by atoms with Crippen LogP contribution in [-0.2, 0) is 16.1 Å². The van der Waals surface area contributed by atoms with Crippen molar-refractivity contribution in [3.63, 3.8) is 0 Å². The molecule has 0 spiro atoms. The first kappa shape index (κ1) is 22.8. The zero-order valence-corrected chi connectivity index (χ0v) is 17.7. The van der Waals surface area contributed by atoms with Crippen molar-refractivity contribution in [2.75, 3.05) is 40.0 Å². The van der Waals surface area contributed by atoms with Crippen molar-refractivity contribution in [3.05, 3.63) is 64.7 Å². The van der Waals surface area contributed by atoms with Gasteiger partial charge in [0.2, 0.25) is 0 Å². The molecule has 3 rings (SSSR count). The standard InChI is InChI=1S/C23H24N4O5/c1-25-21(28)15-32-20-11-16(13-24)5-6-19(20)14-26-22(29)17-3-2-4-18(12-17)23(30)27-7-9-31-10-8-27/h2-6,11-12H,7-10,14-15H2,1H3,(H,25,28)(H,26,29). The van der Waals surface area contributed by atoms with Crippen LogP contribution in [0.2, 0.25) is 0 Å². The van der Waals surface area contributed by atoms with Crippen molar-refractivity contribution in [2.24, 2.45) is 0 Å². The summed E-state index contributed by atoms with van der Waals surface area (Å²) in [6.07, 6.45) is 0. The summed E-state index contributed by atoms with van der Waals surface area (Å²) < 4.78 is 10.8. The number of morpholine rings is 1. The van der Waals surface area contributed by atoms with Gasteiger partial charge in [-0.2, -0.15) is 5.26 Å². The topological polar surface area (TPSA) is 121 Å². The van der Waals surface area contributed by atoms with Crippen molar-refractivity contribution < 1.29 is 23.9 Å². The molecule has 0 aliphatic carbocycles. The average Bonchev–Trinajstić information content (AvgIpc) is 2.86. The van der Waals surface area contributed by atoms with Crippen LogP contribution in [0.5, 0.6) is 5.75 Å². The minimum atomic E-state index is -0.358. The molecular formula is C23H24N4O5. The summed E-state index contributed by atoms with van der Waals surface area (Å²) in [6, 6.07) is 13.4. The molecule has 2 N–H and O–H groups in total. The van der Waals surface area contributed by atoms with Gasteiger partial charge >= 0.3 is 0 Å². The quantitative estimate of drug-likeness (QED) is 0.670. The highest BCUT2D eigenvalue weighted by Crippen LogP contribution is 2.21. The molecule has 2 aromatic carbocycles. The van der Waals surface area contributed by atoms with Gasteiger partial charge in [-0.15, -0.1) is 0 Å². The van der Waals surface area contributed by atoms with Crippen LogP contribution < -0.4 is 15.4 Å². The summed E-state index contributed by atoms with van der Waals surface area (Å²) in [7, 11) is 1.50. The van der Waals surface area contributed by atoms with Crippen molar-refractivity contribution in [3.8, 4) is 11.8 Å². The van der Waals surface area contributed by atoms with Crippen molar-refractivity contribution >= 4 is 17.7 Å². The molecule has 0 unspecified atom stereocenters. The summed E-state index contributed by atoms with van der Waals surface area (Å²) in [4.78, 5) is 38.6. The van der Waals surface area contributed by atoms with Crippen molar-refractivity contribution in [1.29, 1.82) is 5.26 Å². The predicted molar refractivity (Wildman–Crippen MR) is 115 cm³/mol. The molecule has 9 heteroatoms. The normalized spacial score (nSPS) is 13.1. The maximum absolute atomic E-state index is 12.7. The molecule has 1 aliphatic rings. The molecule has 0 radical (unpaired) electrons. The fourth-order valence-corrected chi connectivity index (χ4v) is 3.14. The van der Waals surface area contributed by atoms with Gasteiger partial charge in [-0.25, -0.2) is 0 Å². The average molecular weight is 436 g/mol. The zero-order valence-electron chi connectivity index (χ0n) is 17.7. The van der Waals surface area contributed by atoms with Crippen LogP contribution >= 0.6 is 0 Å². The summed E-state index contributed by atoms with van der Waals surface area (Å²) in [5.74, 6) is -0.475. The number of hydrogen-bond donors (Lipinski definition) is 2. The molecule has 2 aromatic rings. The number of ether oxygens (including phenoxy) is 2. The third kappa shape index (κ3) is 5.83. The molecule has 0 bridgehead atoms. The number of carbonyl (C=O) groups excluding carboxylic acids is 3. The van der Waals surface area contributed by atoms with Gasteiger partial charge in [0.15, 0.2) is 6.61 Å².